The number of esters is 2. The molecule has 0 N–H and O–H groups in total. The third-order valence-corrected chi connectivity index (χ3v) is 4.13. The number of ether oxygens (including phenoxy) is 2. The van der Waals surface area contributed by atoms with Gasteiger partial charge in [-0.25, -0.2) is 0 Å². The molecule has 4 nitrogen and oxygen atoms in total. The normalized spacial score (nSPS) is 11.7. The molecule has 0 atom stereocenters. The molecule has 0 aromatic carbocycles. The lowest BCUT2D eigenvalue weighted by Gasteiger charge is -2.03. The van der Waals surface area contributed by atoms with Gasteiger partial charge in [-0.2, -0.15) is 0 Å². The van der Waals surface area contributed by atoms with Gasteiger partial charge in [0.1, 0.15) is 5.76 Å². The van der Waals surface area contributed by atoms with Gasteiger partial charge in [-0.1, -0.05) is 77.6 Å². The molecule has 0 bridgehead atoms. The largest absolute Gasteiger partial charge is 0.435 e. The van der Waals surface area contributed by atoms with E-state index >= 15 is 0 Å². The quantitative estimate of drug-likeness (QED) is 0.134. The first-order valence-electron chi connectivity index (χ1n) is 10.3. The average Bonchev–Trinajstić information content (AvgIpc) is 2.58. The number of carbonyl (C=O) groups excluding carboxylic acids is 2. The van der Waals surface area contributed by atoms with Crippen molar-refractivity contribution in [3.63, 3.8) is 0 Å². The molecule has 0 rings (SSSR count). The lowest BCUT2D eigenvalue weighted by Crippen LogP contribution is -1.98. The van der Waals surface area contributed by atoms with Crippen LogP contribution in [0.3, 0.4) is 0 Å². The topological polar surface area (TPSA) is 52.6 Å². The number of rotatable bonds is 16. The Morgan fingerprint density at radius 1 is 0.731 bits per heavy atom. The van der Waals surface area contributed by atoms with E-state index < -0.39 is 5.97 Å². The molecule has 0 fully saturated rings. The first-order chi connectivity index (χ1) is 12.6. The maximum atomic E-state index is 11.1. The zero-order valence-corrected chi connectivity index (χ0v) is 17.1. The fourth-order valence-electron chi connectivity index (χ4n) is 2.74. The van der Waals surface area contributed by atoms with E-state index in [1.54, 1.807) is 0 Å². The van der Waals surface area contributed by atoms with Crippen LogP contribution in [-0.4, -0.2) is 11.9 Å². The highest BCUT2D eigenvalue weighted by atomic mass is 16.5. The number of carbonyl (C=O) groups is 2. The molecular formula is C22H38O4. The Kier molecular flexibility index (Phi) is 17.1. The van der Waals surface area contributed by atoms with E-state index in [4.69, 9.17) is 9.47 Å². The second-order valence-corrected chi connectivity index (χ2v) is 6.79. The zero-order chi connectivity index (χ0) is 19.5. The minimum absolute atomic E-state index is 0.376. The van der Waals surface area contributed by atoms with Crippen LogP contribution in [0.15, 0.2) is 24.2 Å². The standard InChI is InChI=1S/C22H38O4/c1-4-5-6-7-8-9-10-11-12-13-14-15-16-17-22(26-21(3)24)18-19-25-20(2)23/h17-19H,4-16H2,1-3H3. The van der Waals surface area contributed by atoms with E-state index in [0.717, 1.165) is 12.8 Å². The molecule has 26 heavy (non-hydrogen) atoms. The predicted octanol–water partition coefficient (Wildman–Crippen LogP) is 6.60. The van der Waals surface area contributed by atoms with Crippen LogP contribution in [0, 0.1) is 0 Å². The highest BCUT2D eigenvalue weighted by Crippen LogP contribution is 2.13. The van der Waals surface area contributed by atoms with E-state index in [2.05, 4.69) is 6.92 Å². The highest BCUT2D eigenvalue weighted by Gasteiger charge is 1.99. The summed E-state index contributed by atoms with van der Waals surface area (Å²) in [7, 11) is 0. The molecule has 0 amide bonds. The van der Waals surface area contributed by atoms with Crippen LogP contribution in [0.5, 0.6) is 0 Å². The van der Waals surface area contributed by atoms with Gasteiger partial charge in [-0.05, 0) is 18.9 Å². The number of allylic oxidation sites excluding steroid dienone is 2. The van der Waals surface area contributed by atoms with Gasteiger partial charge >= 0.3 is 11.9 Å². The summed E-state index contributed by atoms with van der Waals surface area (Å²) in [6, 6.07) is 0. The SMILES string of the molecule is CCCCCCCCCCCCCCC=C(C=COC(C)=O)OC(C)=O. The molecule has 0 heterocycles. The molecule has 0 saturated carbocycles. The van der Waals surface area contributed by atoms with Crippen molar-refractivity contribution in [3.05, 3.63) is 24.2 Å². The van der Waals surface area contributed by atoms with Crippen LogP contribution in [0.4, 0.5) is 0 Å². The molecule has 4 heteroatoms. The second-order valence-electron chi connectivity index (χ2n) is 6.79. The van der Waals surface area contributed by atoms with Gasteiger partial charge in [0, 0.05) is 19.9 Å². The van der Waals surface area contributed by atoms with Crippen LogP contribution in [0.25, 0.3) is 0 Å². The van der Waals surface area contributed by atoms with Crippen molar-refractivity contribution in [2.75, 3.05) is 0 Å². The molecular weight excluding hydrogens is 328 g/mol. The lowest BCUT2D eigenvalue weighted by atomic mass is 10.0. The molecule has 150 valence electrons. The molecule has 0 aromatic rings. The Balaban J connectivity index is 3.69. The predicted molar refractivity (Wildman–Crippen MR) is 106 cm³/mol. The molecule has 0 aromatic heterocycles. The Bertz CT molecular complexity index is 424. The van der Waals surface area contributed by atoms with Crippen molar-refractivity contribution in [1.29, 1.82) is 0 Å². The summed E-state index contributed by atoms with van der Waals surface area (Å²) in [5, 5.41) is 0. The summed E-state index contributed by atoms with van der Waals surface area (Å²) in [5.74, 6) is -0.343. The molecule has 0 spiro atoms. The average molecular weight is 367 g/mol. The summed E-state index contributed by atoms with van der Waals surface area (Å²) in [6.07, 6.45) is 21.3. The van der Waals surface area contributed by atoms with Crippen LogP contribution < -0.4 is 0 Å². The van der Waals surface area contributed by atoms with E-state index in [1.807, 2.05) is 6.08 Å². The molecule has 0 saturated heterocycles. The highest BCUT2D eigenvalue weighted by molar-refractivity contribution is 5.68. The minimum Gasteiger partial charge on any atom is -0.435 e. The van der Waals surface area contributed by atoms with E-state index in [0.29, 0.717) is 5.76 Å². The summed E-state index contributed by atoms with van der Waals surface area (Å²) in [6.45, 7) is 4.94. The summed E-state index contributed by atoms with van der Waals surface area (Å²) >= 11 is 0. The maximum Gasteiger partial charge on any atom is 0.308 e. The van der Waals surface area contributed by atoms with Gasteiger partial charge in [-0.3, -0.25) is 9.59 Å². The van der Waals surface area contributed by atoms with Gasteiger partial charge in [-0.15, -0.1) is 0 Å². The third kappa shape index (κ3) is 18.8. The molecule has 0 unspecified atom stereocenters. The summed E-state index contributed by atoms with van der Waals surface area (Å²) in [4.78, 5) is 21.8. The van der Waals surface area contributed by atoms with Crippen molar-refractivity contribution >= 4 is 11.9 Å². The molecule has 0 aliphatic heterocycles. The Hall–Kier alpha value is -1.58. The third-order valence-electron chi connectivity index (χ3n) is 4.13. The van der Waals surface area contributed by atoms with Crippen molar-refractivity contribution < 1.29 is 19.1 Å². The van der Waals surface area contributed by atoms with Crippen LogP contribution >= 0.6 is 0 Å². The molecule has 0 radical (unpaired) electrons. The monoisotopic (exact) mass is 366 g/mol. The number of hydrogen-bond acceptors (Lipinski definition) is 4. The van der Waals surface area contributed by atoms with Gasteiger partial charge in [0.25, 0.3) is 0 Å². The first kappa shape index (κ1) is 24.4. The van der Waals surface area contributed by atoms with Crippen molar-refractivity contribution in [2.24, 2.45) is 0 Å². The Morgan fingerprint density at radius 3 is 1.69 bits per heavy atom. The Morgan fingerprint density at radius 2 is 1.23 bits per heavy atom. The first-order valence-corrected chi connectivity index (χ1v) is 10.3. The van der Waals surface area contributed by atoms with Crippen molar-refractivity contribution in [3.8, 4) is 0 Å². The van der Waals surface area contributed by atoms with E-state index in [-0.39, 0.29) is 5.97 Å². The van der Waals surface area contributed by atoms with E-state index in [1.165, 1.54) is 96.8 Å². The number of hydrogen-bond donors (Lipinski definition) is 0. The van der Waals surface area contributed by atoms with Crippen molar-refractivity contribution in [1.82, 2.24) is 0 Å². The summed E-state index contributed by atoms with van der Waals surface area (Å²) < 4.78 is 9.80. The zero-order valence-electron chi connectivity index (χ0n) is 17.1. The van der Waals surface area contributed by atoms with Gasteiger partial charge in [0.15, 0.2) is 0 Å². The number of unbranched alkanes of at least 4 members (excludes halogenated alkanes) is 12. The van der Waals surface area contributed by atoms with Gasteiger partial charge in [0.05, 0.1) is 6.26 Å². The second kappa shape index (κ2) is 18.2. The van der Waals surface area contributed by atoms with Crippen LogP contribution in [0.2, 0.25) is 0 Å². The van der Waals surface area contributed by atoms with Gasteiger partial charge < -0.3 is 9.47 Å². The van der Waals surface area contributed by atoms with Crippen LogP contribution in [0.1, 0.15) is 104 Å². The smallest absolute Gasteiger partial charge is 0.308 e. The lowest BCUT2D eigenvalue weighted by molar-refractivity contribution is -0.136. The fourth-order valence-corrected chi connectivity index (χ4v) is 2.74. The molecule has 0 aliphatic carbocycles. The minimum atomic E-state index is -0.399. The maximum absolute atomic E-state index is 11.1. The van der Waals surface area contributed by atoms with Crippen molar-refractivity contribution in [2.45, 2.75) is 104 Å². The van der Waals surface area contributed by atoms with Gasteiger partial charge in [0.2, 0.25) is 0 Å². The fraction of sp³-hybridized carbons (Fsp3) is 0.727. The van der Waals surface area contributed by atoms with E-state index in [9.17, 15) is 9.59 Å². The Labute approximate surface area is 160 Å². The molecule has 0 aliphatic rings. The summed E-state index contributed by atoms with van der Waals surface area (Å²) in [5.41, 5.74) is 0. The van der Waals surface area contributed by atoms with Crippen LogP contribution in [-0.2, 0) is 19.1 Å².